The second-order valence-corrected chi connectivity index (χ2v) is 11.8. The van der Waals surface area contributed by atoms with Crippen LogP contribution in [0.2, 0.25) is 0 Å². The molecule has 2 rings (SSSR count). The van der Waals surface area contributed by atoms with E-state index in [1.54, 1.807) is 14.0 Å². The lowest BCUT2D eigenvalue weighted by atomic mass is 9.95. The SMILES string of the molecule is CC(=O)OCC1OC(OCCCCCCCCCCCCCCC(C)C(O)=C2C(=O)C(C)N(C)C2=O)C(O)C(O)C1O. The Hall–Kier alpha value is -2.05. The van der Waals surface area contributed by atoms with Crippen LogP contribution in [-0.2, 0) is 28.6 Å². The van der Waals surface area contributed by atoms with Crippen LogP contribution in [0.3, 0.4) is 0 Å². The van der Waals surface area contributed by atoms with Crippen LogP contribution in [-0.4, -0.2) is 100.0 Å². The van der Waals surface area contributed by atoms with Crippen molar-refractivity contribution in [2.75, 3.05) is 20.3 Å². The van der Waals surface area contributed by atoms with Gasteiger partial charge in [-0.25, -0.2) is 0 Å². The third-order valence-corrected chi connectivity index (χ3v) is 8.40. The topological polar surface area (TPSA) is 163 Å². The van der Waals surface area contributed by atoms with E-state index in [0.29, 0.717) is 6.61 Å². The van der Waals surface area contributed by atoms with E-state index in [4.69, 9.17) is 14.2 Å². The number of likely N-dealkylation sites (N-methyl/N-ethyl adjacent to an activating group) is 1. The molecule has 11 heteroatoms. The van der Waals surface area contributed by atoms with Crippen molar-refractivity contribution in [3.63, 3.8) is 0 Å². The zero-order valence-corrected chi connectivity index (χ0v) is 25.8. The molecule has 7 unspecified atom stereocenters. The maximum atomic E-state index is 12.3. The van der Waals surface area contributed by atoms with Gasteiger partial charge in [0.05, 0.1) is 6.04 Å². The van der Waals surface area contributed by atoms with E-state index in [9.17, 15) is 34.8 Å². The van der Waals surface area contributed by atoms with Gasteiger partial charge in [-0.1, -0.05) is 77.6 Å². The smallest absolute Gasteiger partial charge is 0.302 e. The molecule has 242 valence electrons. The number of hydrogen-bond acceptors (Lipinski definition) is 10. The van der Waals surface area contributed by atoms with E-state index in [-0.39, 0.29) is 35.5 Å². The van der Waals surface area contributed by atoms with Crippen molar-refractivity contribution in [2.45, 2.75) is 141 Å². The van der Waals surface area contributed by atoms with E-state index in [2.05, 4.69) is 0 Å². The minimum atomic E-state index is -1.44. The Labute approximate surface area is 250 Å². The van der Waals surface area contributed by atoms with Gasteiger partial charge in [-0.05, 0) is 19.8 Å². The molecule has 0 radical (unpaired) electrons. The van der Waals surface area contributed by atoms with Crippen molar-refractivity contribution < 1.29 is 49.0 Å². The lowest BCUT2D eigenvalue weighted by Gasteiger charge is -2.39. The highest BCUT2D eigenvalue weighted by atomic mass is 16.7. The summed E-state index contributed by atoms with van der Waals surface area (Å²) in [5.41, 5.74) is -0.0331. The third-order valence-electron chi connectivity index (χ3n) is 8.40. The molecule has 1 amide bonds. The van der Waals surface area contributed by atoms with Gasteiger partial charge in [-0.15, -0.1) is 0 Å². The van der Waals surface area contributed by atoms with E-state index in [1.165, 1.54) is 43.9 Å². The number of rotatable bonds is 19. The van der Waals surface area contributed by atoms with Crippen LogP contribution < -0.4 is 0 Å². The summed E-state index contributed by atoms with van der Waals surface area (Å²) in [4.78, 5) is 36.9. The third kappa shape index (κ3) is 10.9. The molecule has 2 aliphatic heterocycles. The summed E-state index contributed by atoms with van der Waals surface area (Å²) in [5, 5.41) is 40.6. The average Bonchev–Trinajstić information content (AvgIpc) is 3.15. The maximum Gasteiger partial charge on any atom is 0.302 e. The van der Waals surface area contributed by atoms with E-state index < -0.39 is 42.7 Å². The number of ether oxygens (including phenoxy) is 3. The van der Waals surface area contributed by atoms with Gasteiger partial charge < -0.3 is 39.5 Å². The Bertz CT molecular complexity index is 871. The fraction of sp³-hybridized carbons (Fsp3) is 0.839. The molecule has 0 bridgehead atoms. The van der Waals surface area contributed by atoms with Gasteiger partial charge in [-0.3, -0.25) is 14.4 Å². The van der Waals surface area contributed by atoms with E-state index in [0.717, 1.165) is 51.4 Å². The van der Waals surface area contributed by atoms with Crippen molar-refractivity contribution in [2.24, 2.45) is 5.92 Å². The summed E-state index contributed by atoms with van der Waals surface area (Å²) in [5.74, 6) is -1.45. The van der Waals surface area contributed by atoms with E-state index >= 15 is 0 Å². The number of Topliss-reactive ketones (excluding diaryl/α,β-unsaturated/α-hetero) is 1. The average molecular weight is 600 g/mol. The largest absolute Gasteiger partial charge is 0.511 e. The molecule has 0 aliphatic carbocycles. The van der Waals surface area contributed by atoms with Crippen LogP contribution in [0.25, 0.3) is 0 Å². The molecule has 4 N–H and O–H groups in total. The Morgan fingerprint density at radius 2 is 1.40 bits per heavy atom. The summed E-state index contributed by atoms with van der Waals surface area (Å²) >= 11 is 0. The Kier molecular flexibility index (Phi) is 16.0. The first-order valence-corrected chi connectivity index (χ1v) is 15.7. The number of nitrogens with zero attached hydrogens (tertiary/aromatic N) is 1. The lowest BCUT2D eigenvalue weighted by Crippen LogP contribution is -2.59. The number of carbonyl (C=O) groups is 3. The van der Waals surface area contributed by atoms with Crippen molar-refractivity contribution in [3.8, 4) is 0 Å². The number of hydrogen-bond donors (Lipinski definition) is 4. The number of likely N-dealkylation sites (tertiary alicyclic amines) is 1. The van der Waals surface area contributed by atoms with Gasteiger partial charge in [0.25, 0.3) is 5.91 Å². The molecule has 2 heterocycles. The van der Waals surface area contributed by atoms with E-state index in [1.807, 2.05) is 6.92 Å². The summed E-state index contributed by atoms with van der Waals surface area (Å²) in [7, 11) is 1.59. The molecular formula is C31H53NO10. The molecule has 0 aromatic rings. The molecule has 0 aromatic carbocycles. The lowest BCUT2D eigenvalue weighted by molar-refractivity contribution is -0.301. The Morgan fingerprint density at radius 1 is 0.881 bits per heavy atom. The zero-order valence-electron chi connectivity index (χ0n) is 25.8. The van der Waals surface area contributed by atoms with Gasteiger partial charge >= 0.3 is 5.97 Å². The molecule has 2 saturated heterocycles. The monoisotopic (exact) mass is 599 g/mol. The number of unbranched alkanes of at least 4 members (excludes halogenated alkanes) is 11. The second kappa shape index (κ2) is 18.6. The molecular weight excluding hydrogens is 546 g/mol. The highest BCUT2D eigenvalue weighted by molar-refractivity contribution is 6.26. The summed E-state index contributed by atoms with van der Waals surface area (Å²) in [6.45, 7) is 4.92. The number of allylic oxidation sites excluding steroid dienone is 1. The Morgan fingerprint density at radius 3 is 1.90 bits per heavy atom. The first-order chi connectivity index (χ1) is 20.0. The van der Waals surface area contributed by atoms with Crippen molar-refractivity contribution >= 4 is 17.7 Å². The second-order valence-electron chi connectivity index (χ2n) is 11.8. The molecule has 0 spiro atoms. The van der Waals surface area contributed by atoms with Gasteiger partial charge in [0, 0.05) is 26.5 Å². The van der Waals surface area contributed by atoms with Crippen molar-refractivity contribution in [3.05, 3.63) is 11.3 Å². The quantitative estimate of drug-likeness (QED) is 0.0569. The molecule has 0 aromatic heterocycles. The van der Waals surface area contributed by atoms with Crippen LogP contribution in [0.5, 0.6) is 0 Å². The number of aliphatic hydroxyl groups is 4. The number of ketones is 1. The highest BCUT2D eigenvalue weighted by Gasteiger charge is 2.44. The van der Waals surface area contributed by atoms with Gasteiger partial charge in [0.2, 0.25) is 0 Å². The number of carbonyl (C=O) groups excluding carboxylic acids is 3. The van der Waals surface area contributed by atoms with Gasteiger partial charge in [-0.2, -0.15) is 0 Å². The molecule has 7 atom stereocenters. The number of aliphatic hydroxyl groups excluding tert-OH is 4. The van der Waals surface area contributed by atoms with Crippen molar-refractivity contribution in [1.82, 2.24) is 4.90 Å². The molecule has 2 fully saturated rings. The predicted octanol–water partition coefficient (Wildman–Crippen LogP) is 3.32. The summed E-state index contributed by atoms with van der Waals surface area (Å²) in [6.07, 6.45) is 7.66. The summed E-state index contributed by atoms with van der Waals surface area (Å²) in [6, 6.07) is -0.510. The molecule has 2 aliphatic rings. The maximum absolute atomic E-state index is 12.3. The fourth-order valence-corrected chi connectivity index (χ4v) is 5.37. The summed E-state index contributed by atoms with van der Waals surface area (Å²) < 4.78 is 15.9. The molecule has 42 heavy (non-hydrogen) atoms. The highest BCUT2D eigenvalue weighted by Crippen LogP contribution is 2.27. The fourth-order valence-electron chi connectivity index (χ4n) is 5.37. The van der Waals surface area contributed by atoms with Gasteiger partial charge in [0.15, 0.2) is 12.1 Å². The minimum Gasteiger partial charge on any atom is -0.511 e. The van der Waals surface area contributed by atoms with Gasteiger partial charge in [0.1, 0.15) is 42.4 Å². The van der Waals surface area contributed by atoms with Crippen LogP contribution in [0, 0.1) is 5.92 Å². The minimum absolute atomic E-state index is 0.0331. The first kappa shape index (κ1) is 36.1. The van der Waals surface area contributed by atoms with Crippen LogP contribution in [0.4, 0.5) is 0 Å². The van der Waals surface area contributed by atoms with Crippen LogP contribution in [0.15, 0.2) is 11.3 Å². The Balaban J connectivity index is 1.44. The zero-order chi connectivity index (χ0) is 31.2. The first-order valence-electron chi connectivity index (χ1n) is 15.7. The van der Waals surface area contributed by atoms with Crippen LogP contribution >= 0.6 is 0 Å². The normalized spacial score (nSPS) is 28.3. The standard InChI is InChI=1S/C31H53NO10/c1-20(25(34)24-26(35)21(2)32(4)30(24)39)17-15-13-11-9-7-5-6-8-10-12-14-16-18-40-31-29(38)28(37)27(36)23(42-31)19-41-22(3)33/h20-21,23,27-29,31,34,36-38H,5-19H2,1-4H3. The predicted molar refractivity (Wildman–Crippen MR) is 155 cm³/mol. The number of amides is 1. The van der Waals surface area contributed by atoms with Crippen LogP contribution in [0.1, 0.15) is 104 Å². The number of esters is 1. The van der Waals surface area contributed by atoms with Crippen molar-refractivity contribution in [1.29, 1.82) is 0 Å². The molecule has 0 saturated carbocycles. The molecule has 11 nitrogen and oxygen atoms in total.